The highest BCUT2D eigenvalue weighted by molar-refractivity contribution is 5.86. The van der Waals surface area contributed by atoms with Crippen LogP contribution < -0.4 is 10.5 Å². The van der Waals surface area contributed by atoms with Gasteiger partial charge in [-0.25, -0.2) is 4.79 Å². The Labute approximate surface area is 71.0 Å². The molecule has 1 rings (SSSR count). The first-order valence-electron chi connectivity index (χ1n) is 3.10. The monoisotopic (exact) mass is 183 g/mol. The van der Waals surface area contributed by atoms with E-state index in [1.54, 1.807) is 0 Å². The molecule has 1 aromatic heterocycles. The highest BCUT2D eigenvalue weighted by atomic mass is 16.4. The maximum Gasteiger partial charge on any atom is 0.371 e. The van der Waals surface area contributed by atoms with Gasteiger partial charge in [-0.3, -0.25) is 4.79 Å². The Morgan fingerprint density at radius 1 is 1.31 bits per heavy atom. The lowest BCUT2D eigenvalue weighted by Crippen LogP contribution is -2.24. The van der Waals surface area contributed by atoms with Gasteiger partial charge in [-0.05, 0) is 0 Å². The lowest BCUT2D eigenvalue weighted by molar-refractivity contribution is -0.257. The summed E-state index contributed by atoms with van der Waals surface area (Å²) < 4.78 is 4.32. The zero-order chi connectivity index (χ0) is 10.0. The number of hydrogen-bond donors (Lipinski definition) is 1. The van der Waals surface area contributed by atoms with Crippen LogP contribution in [0.15, 0.2) is 21.3 Å². The fraction of sp³-hybridized carbons (Fsp3) is 0. The maximum absolute atomic E-state index is 10.7. The van der Waals surface area contributed by atoms with Crippen molar-refractivity contribution in [2.75, 3.05) is 0 Å². The molecule has 0 amide bonds. The SMILES string of the molecule is O=C([O-])c1cc(=O)cc(C(=O)O)o1. The van der Waals surface area contributed by atoms with Crippen LogP contribution >= 0.6 is 0 Å². The average molecular weight is 183 g/mol. The smallest absolute Gasteiger partial charge is 0.371 e. The van der Waals surface area contributed by atoms with Gasteiger partial charge >= 0.3 is 5.97 Å². The van der Waals surface area contributed by atoms with Crippen LogP contribution in [0.2, 0.25) is 0 Å². The minimum atomic E-state index is -1.74. The molecule has 0 spiro atoms. The molecule has 13 heavy (non-hydrogen) atoms. The third kappa shape index (κ3) is 1.92. The summed E-state index contributed by atoms with van der Waals surface area (Å²) >= 11 is 0. The van der Waals surface area contributed by atoms with Crippen LogP contribution in [0.1, 0.15) is 21.1 Å². The Bertz CT molecular complexity index is 380. The molecule has 0 aromatic carbocycles. The summed E-state index contributed by atoms with van der Waals surface area (Å²) in [6, 6.07) is 1.32. The van der Waals surface area contributed by atoms with Gasteiger partial charge in [-0.2, -0.15) is 0 Å². The second-order valence-corrected chi connectivity index (χ2v) is 2.11. The summed E-state index contributed by atoms with van der Waals surface area (Å²) in [5, 5.41) is 18.6. The molecule has 0 saturated heterocycles. The molecular formula is C7H3O6-. The number of carboxylic acids is 2. The van der Waals surface area contributed by atoms with E-state index in [2.05, 4.69) is 4.42 Å². The fourth-order valence-corrected chi connectivity index (χ4v) is 0.683. The third-order valence-corrected chi connectivity index (χ3v) is 1.18. The first kappa shape index (κ1) is 8.98. The van der Waals surface area contributed by atoms with Crippen molar-refractivity contribution < 1.29 is 24.2 Å². The van der Waals surface area contributed by atoms with E-state index >= 15 is 0 Å². The lowest BCUT2D eigenvalue weighted by atomic mass is 10.3. The number of aromatic carboxylic acids is 2. The molecule has 0 fully saturated rings. The van der Waals surface area contributed by atoms with Gasteiger partial charge in [-0.15, -0.1) is 0 Å². The van der Waals surface area contributed by atoms with Crippen molar-refractivity contribution in [2.45, 2.75) is 0 Å². The molecule has 0 bridgehead atoms. The van der Waals surface area contributed by atoms with Gasteiger partial charge in [-0.1, -0.05) is 0 Å². The van der Waals surface area contributed by atoms with Crippen LogP contribution in [0.5, 0.6) is 0 Å². The van der Waals surface area contributed by atoms with Crippen LogP contribution in [0.4, 0.5) is 0 Å². The topological polar surface area (TPSA) is 108 Å². The second kappa shape index (κ2) is 3.10. The van der Waals surface area contributed by atoms with Crippen molar-refractivity contribution in [2.24, 2.45) is 0 Å². The Kier molecular flexibility index (Phi) is 2.14. The van der Waals surface area contributed by atoms with E-state index < -0.39 is 28.9 Å². The van der Waals surface area contributed by atoms with Crippen molar-refractivity contribution in [3.05, 3.63) is 33.9 Å². The summed E-state index contributed by atoms with van der Waals surface area (Å²) in [5.74, 6) is -4.78. The van der Waals surface area contributed by atoms with Crippen molar-refractivity contribution >= 4 is 11.9 Å². The Morgan fingerprint density at radius 2 is 1.85 bits per heavy atom. The van der Waals surface area contributed by atoms with Crippen LogP contribution in [0.25, 0.3) is 0 Å². The number of carbonyl (C=O) groups excluding carboxylic acids is 1. The molecule has 1 aromatic rings. The fourth-order valence-electron chi connectivity index (χ4n) is 0.683. The summed E-state index contributed by atoms with van der Waals surface area (Å²) in [7, 11) is 0. The molecular weight excluding hydrogens is 180 g/mol. The Hall–Kier alpha value is -2.11. The predicted molar refractivity (Wildman–Crippen MR) is 36.3 cm³/mol. The average Bonchev–Trinajstić information content (AvgIpc) is 2.03. The Balaban J connectivity index is 3.35. The van der Waals surface area contributed by atoms with Crippen LogP contribution in [0, 0.1) is 0 Å². The Morgan fingerprint density at radius 3 is 2.31 bits per heavy atom. The third-order valence-electron chi connectivity index (χ3n) is 1.18. The van der Waals surface area contributed by atoms with E-state index in [-0.39, 0.29) is 0 Å². The van der Waals surface area contributed by atoms with E-state index in [9.17, 15) is 19.5 Å². The van der Waals surface area contributed by atoms with Crippen molar-refractivity contribution in [3.8, 4) is 0 Å². The predicted octanol–water partition coefficient (Wildman–Crippen LogP) is -1.30. The van der Waals surface area contributed by atoms with Gasteiger partial charge < -0.3 is 19.4 Å². The number of hydrogen-bond acceptors (Lipinski definition) is 5. The van der Waals surface area contributed by atoms with Crippen LogP contribution in [0.3, 0.4) is 0 Å². The molecule has 0 unspecified atom stereocenters. The van der Waals surface area contributed by atoms with Gasteiger partial charge in [0.2, 0.25) is 5.76 Å². The zero-order valence-corrected chi connectivity index (χ0v) is 6.14. The highest BCUT2D eigenvalue weighted by Gasteiger charge is 2.09. The molecule has 0 aliphatic rings. The molecule has 0 atom stereocenters. The molecule has 6 nitrogen and oxygen atoms in total. The van der Waals surface area contributed by atoms with Crippen molar-refractivity contribution in [1.82, 2.24) is 0 Å². The van der Waals surface area contributed by atoms with Gasteiger partial charge in [0.05, 0.1) is 0 Å². The largest absolute Gasteiger partial charge is 0.542 e. The summed E-state index contributed by atoms with van der Waals surface area (Å²) in [5.41, 5.74) is -0.761. The molecule has 6 heteroatoms. The minimum Gasteiger partial charge on any atom is -0.542 e. The highest BCUT2D eigenvalue weighted by Crippen LogP contribution is 2.00. The normalized spacial score (nSPS) is 9.54. The molecule has 1 heterocycles. The zero-order valence-electron chi connectivity index (χ0n) is 6.14. The van der Waals surface area contributed by atoms with Crippen molar-refractivity contribution in [3.63, 3.8) is 0 Å². The van der Waals surface area contributed by atoms with Gasteiger partial charge in [0.15, 0.2) is 11.2 Å². The molecule has 0 aliphatic heterocycles. The molecule has 1 N–H and O–H groups in total. The quantitative estimate of drug-likeness (QED) is 0.610. The molecule has 0 saturated carbocycles. The van der Waals surface area contributed by atoms with Gasteiger partial charge in [0.1, 0.15) is 5.97 Å². The maximum atomic E-state index is 10.7. The van der Waals surface area contributed by atoms with Crippen LogP contribution in [-0.4, -0.2) is 17.0 Å². The standard InChI is InChI=1S/C7H4O6/c8-3-1-4(6(9)10)13-5(2-3)7(11)12/h1-2H,(H,9,10)(H,11,12)/p-1. The summed E-state index contributed by atoms with van der Waals surface area (Å²) in [6.45, 7) is 0. The minimum absolute atomic E-state index is 0.641. The molecule has 68 valence electrons. The van der Waals surface area contributed by atoms with E-state index in [0.717, 1.165) is 0 Å². The van der Waals surface area contributed by atoms with E-state index in [0.29, 0.717) is 12.1 Å². The number of carbonyl (C=O) groups is 2. The molecule has 0 aliphatic carbocycles. The second-order valence-electron chi connectivity index (χ2n) is 2.11. The van der Waals surface area contributed by atoms with E-state index in [4.69, 9.17) is 5.11 Å². The summed E-state index contributed by atoms with van der Waals surface area (Å²) in [4.78, 5) is 31.2. The summed E-state index contributed by atoms with van der Waals surface area (Å²) in [6.07, 6.45) is 0. The lowest BCUT2D eigenvalue weighted by Gasteiger charge is -2.00. The van der Waals surface area contributed by atoms with E-state index in [1.165, 1.54) is 0 Å². The molecule has 0 radical (unpaired) electrons. The first-order chi connectivity index (χ1) is 6.00. The van der Waals surface area contributed by atoms with Crippen LogP contribution in [-0.2, 0) is 0 Å². The number of rotatable bonds is 2. The van der Waals surface area contributed by atoms with Crippen molar-refractivity contribution in [1.29, 1.82) is 0 Å². The van der Waals surface area contributed by atoms with Gasteiger partial charge in [0.25, 0.3) is 0 Å². The number of carboxylic acid groups (broad SMARTS) is 2. The first-order valence-corrected chi connectivity index (χ1v) is 3.10. The van der Waals surface area contributed by atoms with Gasteiger partial charge in [0, 0.05) is 12.1 Å². The van der Waals surface area contributed by atoms with E-state index in [1.807, 2.05) is 0 Å².